The van der Waals surface area contributed by atoms with E-state index >= 15 is 0 Å². The maximum Gasteiger partial charge on any atom is 0.0594 e. The summed E-state index contributed by atoms with van der Waals surface area (Å²) in [7, 11) is 0. The molecule has 2 nitrogen and oxygen atoms in total. The van der Waals surface area contributed by atoms with Crippen molar-refractivity contribution < 1.29 is 4.74 Å². The zero-order valence-electron chi connectivity index (χ0n) is 14.4. The first kappa shape index (κ1) is 16.1. The monoisotopic (exact) mass is 329 g/mol. The van der Waals surface area contributed by atoms with Gasteiger partial charge in [-0.05, 0) is 33.9 Å². The number of rotatable bonds is 4. The van der Waals surface area contributed by atoms with Gasteiger partial charge in [0, 0.05) is 19.6 Å². The van der Waals surface area contributed by atoms with Crippen LogP contribution in [-0.2, 0) is 11.3 Å². The second kappa shape index (κ2) is 7.64. The Balaban J connectivity index is 1.73. The van der Waals surface area contributed by atoms with Crippen LogP contribution in [0.3, 0.4) is 0 Å². The van der Waals surface area contributed by atoms with Crippen LogP contribution in [0.2, 0.25) is 0 Å². The van der Waals surface area contributed by atoms with Gasteiger partial charge in [0.05, 0.1) is 13.2 Å². The molecule has 0 aliphatic carbocycles. The fraction of sp³-hybridized carbons (Fsp3) is 0.217. The van der Waals surface area contributed by atoms with Crippen molar-refractivity contribution in [3.05, 3.63) is 84.4 Å². The summed E-state index contributed by atoms with van der Waals surface area (Å²) in [5, 5.41) is 0. The molecule has 1 heterocycles. The smallest absolute Gasteiger partial charge is 0.0594 e. The molecule has 0 saturated carbocycles. The summed E-state index contributed by atoms with van der Waals surface area (Å²) in [4.78, 5) is 2.49. The maximum atomic E-state index is 5.50. The molecule has 0 atom stereocenters. The van der Waals surface area contributed by atoms with Gasteiger partial charge in [-0.25, -0.2) is 0 Å². The summed E-state index contributed by atoms with van der Waals surface area (Å²) < 4.78 is 5.50. The molecule has 0 N–H and O–H groups in total. The molecule has 4 rings (SSSR count). The van der Waals surface area contributed by atoms with Crippen molar-refractivity contribution in [1.29, 1.82) is 0 Å². The Hall–Kier alpha value is -2.42. The average molecular weight is 329 g/mol. The number of hydrogen-bond donors (Lipinski definition) is 0. The van der Waals surface area contributed by atoms with Gasteiger partial charge in [-0.1, -0.05) is 72.8 Å². The highest BCUT2D eigenvalue weighted by Gasteiger charge is 2.14. The van der Waals surface area contributed by atoms with E-state index in [0.29, 0.717) is 0 Å². The fourth-order valence-electron chi connectivity index (χ4n) is 3.43. The highest BCUT2D eigenvalue weighted by molar-refractivity contribution is 5.73. The van der Waals surface area contributed by atoms with Crippen LogP contribution in [0, 0.1) is 0 Å². The quantitative estimate of drug-likeness (QED) is 0.678. The van der Waals surface area contributed by atoms with Crippen LogP contribution < -0.4 is 0 Å². The van der Waals surface area contributed by atoms with Gasteiger partial charge >= 0.3 is 0 Å². The zero-order chi connectivity index (χ0) is 16.9. The molecule has 1 saturated heterocycles. The Kier molecular flexibility index (Phi) is 4.91. The molecule has 0 unspecified atom stereocenters. The number of ether oxygens (including phenoxy) is 1. The van der Waals surface area contributed by atoms with Crippen LogP contribution in [0.5, 0.6) is 0 Å². The van der Waals surface area contributed by atoms with Gasteiger partial charge in [0.1, 0.15) is 0 Å². The second-order valence-corrected chi connectivity index (χ2v) is 6.49. The van der Waals surface area contributed by atoms with Crippen molar-refractivity contribution in [2.75, 3.05) is 26.3 Å². The third-order valence-corrected chi connectivity index (χ3v) is 4.79. The van der Waals surface area contributed by atoms with Crippen molar-refractivity contribution in [3.63, 3.8) is 0 Å². The third-order valence-electron chi connectivity index (χ3n) is 4.79. The molecular formula is C23H23NO. The predicted octanol–water partition coefficient (Wildman–Crippen LogP) is 4.85. The van der Waals surface area contributed by atoms with E-state index in [1.54, 1.807) is 0 Å². The van der Waals surface area contributed by atoms with Gasteiger partial charge in [-0.2, -0.15) is 0 Å². The Morgan fingerprint density at radius 3 is 2.00 bits per heavy atom. The Labute approximate surface area is 149 Å². The summed E-state index contributed by atoms with van der Waals surface area (Å²) in [6.07, 6.45) is 0. The lowest BCUT2D eigenvalue weighted by Gasteiger charge is -2.27. The van der Waals surface area contributed by atoms with E-state index in [-0.39, 0.29) is 0 Å². The van der Waals surface area contributed by atoms with Gasteiger partial charge < -0.3 is 4.74 Å². The van der Waals surface area contributed by atoms with E-state index in [4.69, 9.17) is 4.74 Å². The van der Waals surface area contributed by atoms with E-state index in [1.165, 1.54) is 27.8 Å². The molecule has 0 aromatic heterocycles. The largest absolute Gasteiger partial charge is 0.379 e. The molecule has 0 spiro atoms. The minimum atomic E-state index is 0.832. The van der Waals surface area contributed by atoms with Crippen molar-refractivity contribution in [2.45, 2.75) is 6.54 Å². The summed E-state index contributed by atoms with van der Waals surface area (Å²) in [6.45, 7) is 4.64. The predicted molar refractivity (Wildman–Crippen MR) is 103 cm³/mol. The minimum Gasteiger partial charge on any atom is -0.379 e. The van der Waals surface area contributed by atoms with E-state index < -0.39 is 0 Å². The number of morpholine rings is 1. The highest BCUT2D eigenvalue weighted by Crippen LogP contribution is 2.30. The van der Waals surface area contributed by atoms with Gasteiger partial charge in [-0.15, -0.1) is 0 Å². The SMILES string of the molecule is c1ccc(-c2ccc(-c3ccccc3)c(CN3CCOCC3)c2)cc1. The van der Waals surface area contributed by atoms with E-state index in [2.05, 4.69) is 83.8 Å². The van der Waals surface area contributed by atoms with Gasteiger partial charge in [0.15, 0.2) is 0 Å². The van der Waals surface area contributed by atoms with Gasteiger partial charge in [-0.3, -0.25) is 4.90 Å². The molecule has 3 aromatic rings. The Morgan fingerprint density at radius 1 is 0.680 bits per heavy atom. The molecule has 2 heteroatoms. The highest BCUT2D eigenvalue weighted by atomic mass is 16.5. The first-order valence-electron chi connectivity index (χ1n) is 8.94. The minimum absolute atomic E-state index is 0.832. The second-order valence-electron chi connectivity index (χ2n) is 6.49. The molecule has 126 valence electrons. The molecule has 0 radical (unpaired) electrons. The maximum absolute atomic E-state index is 5.50. The van der Waals surface area contributed by atoms with Crippen LogP contribution in [-0.4, -0.2) is 31.2 Å². The molecule has 1 aliphatic heterocycles. The van der Waals surface area contributed by atoms with Crippen LogP contribution in [0.4, 0.5) is 0 Å². The average Bonchev–Trinajstić information content (AvgIpc) is 2.70. The number of hydrogen-bond acceptors (Lipinski definition) is 2. The van der Waals surface area contributed by atoms with Crippen molar-refractivity contribution in [3.8, 4) is 22.3 Å². The Morgan fingerprint density at radius 2 is 1.32 bits per heavy atom. The standard InChI is InChI=1S/C23H23NO/c1-3-7-19(8-4-1)21-11-12-23(20-9-5-2-6-10-20)22(17-21)18-24-13-15-25-16-14-24/h1-12,17H,13-16,18H2. The van der Waals surface area contributed by atoms with Crippen LogP contribution in [0.25, 0.3) is 22.3 Å². The molecule has 25 heavy (non-hydrogen) atoms. The summed E-state index contributed by atoms with van der Waals surface area (Å²) in [6, 6.07) is 28.2. The van der Waals surface area contributed by atoms with Crippen molar-refractivity contribution in [2.24, 2.45) is 0 Å². The first-order valence-corrected chi connectivity index (χ1v) is 8.94. The summed E-state index contributed by atoms with van der Waals surface area (Å²) in [5.74, 6) is 0. The van der Waals surface area contributed by atoms with Crippen LogP contribution in [0.1, 0.15) is 5.56 Å². The van der Waals surface area contributed by atoms with Crippen LogP contribution in [0.15, 0.2) is 78.9 Å². The molecular weight excluding hydrogens is 306 g/mol. The molecule has 3 aromatic carbocycles. The summed E-state index contributed by atoms with van der Waals surface area (Å²) in [5.41, 5.74) is 6.54. The fourth-order valence-corrected chi connectivity index (χ4v) is 3.43. The number of benzene rings is 3. The molecule has 1 aliphatic rings. The van der Waals surface area contributed by atoms with E-state index in [9.17, 15) is 0 Å². The van der Waals surface area contributed by atoms with Crippen molar-refractivity contribution in [1.82, 2.24) is 4.90 Å². The summed E-state index contributed by atoms with van der Waals surface area (Å²) >= 11 is 0. The van der Waals surface area contributed by atoms with Gasteiger partial charge in [0.2, 0.25) is 0 Å². The van der Waals surface area contributed by atoms with Crippen molar-refractivity contribution >= 4 is 0 Å². The molecule has 1 fully saturated rings. The lowest BCUT2D eigenvalue weighted by atomic mass is 9.94. The van der Waals surface area contributed by atoms with E-state index in [1.807, 2.05) is 0 Å². The number of nitrogens with zero attached hydrogens (tertiary/aromatic N) is 1. The third kappa shape index (κ3) is 3.81. The van der Waals surface area contributed by atoms with Gasteiger partial charge in [0.25, 0.3) is 0 Å². The lowest BCUT2D eigenvalue weighted by Crippen LogP contribution is -2.35. The Bertz CT molecular complexity index is 808. The molecule has 0 amide bonds. The topological polar surface area (TPSA) is 12.5 Å². The van der Waals surface area contributed by atoms with E-state index in [0.717, 1.165) is 32.8 Å². The first-order chi connectivity index (χ1) is 12.4. The zero-order valence-corrected chi connectivity index (χ0v) is 14.4. The normalized spacial score (nSPS) is 15.2. The molecule has 0 bridgehead atoms. The van der Waals surface area contributed by atoms with Crippen LogP contribution >= 0.6 is 0 Å². The lowest BCUT2D eigenvalue weighted by molar-refractivity contribution is 0.0342.